The molecular weight excluding hydrogens is 291 g/mol. The van der Waals surface area contributed by atoms with Crippen molar-refractivity contribution in [3.8, 4) is 0 Å². The molecule has 0 aromatic heterocycles. The second-order valence-corrected chi connectivity index (χ2v) is 5.44. The lowest BCUT2D eigenvalue weighted by molar-refractivity contribution is -0.148. The first-order chi connectivity index (χ1) is 9.12. The second-order valence-electron chi connectivity index (χ2n) is 4.20. The molecule has 0 unspecified atom stereocenters. The van der Waals surface area contributed by atoms with Crippen LogP contribution >= 0.6 is 7.82 Å². The van der Waals surface area contributed by atoms with E-state index in [0.29, 0.717) is 0 Å². The highest BCUT2D eigenvalue weighted by atomic mass is 31.2. The SMILES string of the molecule is C=CC(=O)OCC(C)(COC(=O)C=C)COP(=O)(O)O. The Labute approximate surface area is 116 Å². The molecule has 8 nitrogen and oxygen atoms in total. The molecule has 0 radical (unpaired) electrons. The van der Waals surface area contributed by atoms with Gasteiger partial charge in [-0.1, -0.05) is 20.1 Å². The molecule has 0 amide bonds. The molecule has 114 valence electrons. The number of hydrogen-bond donors (Lipinski definition) is 2. The Bertz CT molecular complexity index is 400. The summed E-state index contributed by atoms with van der Waals surface area (Å²) >= 11 is 0. The van der Waals surface area contributed by atoms with E-state index in [2.05, 4.69) is 17.7 Å². The molecule has 2 N–H and O–H groups in total. The van der Waals surface area contributed by atoms with E-state index in [4.69, 9.17) is 19.3 Å². The summed E-state index contributed by atoms with van der Waals surface area (Å²) in [6.45, 7) is 6.85. The first-order valence-corrected chi connectivity index (χ1v) is 6.93. The second kappa shape index (κ2) is 7.96. The van der Waals surface area contributed by atoms with Crippen molar-refractivity contribution in [3.05, 3.63) is 25.3 Å². The molecule has 20 heavy (non-hydrogen) atoms. The Morgan fingerprint density at radius 3 is 1.80 bits per heavy atom. The van der Waals surface area contributed by atoms with Gasteiger partial charge in [-0.15, -0.1) is 0 Å². The Morgan fingerprint density at radius 1 is 1.10 bits per heavy atom. The van der Waals surface area contributed by atoms with Gasteiger partial charge in [0, 0.05) is 12.2 Å². The average Bonchev–Trinajstić information content (AvgIpc) is 2.39. The van der Waals surface area contributed by atoms with Crippen LogP contribution in [0.5, 0.6) is 0 Å². The smallest absolute Gasteiger partial charge is 0.462 e. The quantitative estimate of drug-likeness (QED) is 0.360. The molecule has 0 aromatic rings. The van der Waals surface area contributed by atoms with Crippen LogP contribution in [-0.2, 0) is 28.2 Å². The van der Waals surface area contributed by atoms with Gasteiger partial charge in [-0.3, -0.25) is 4.52 Å². The van der Waals surface area contributed by atoms with Crippen LogP contribution in [0.2, 0.25) is 0 Å². The van der Waals surface area contributed by atoms with E-state index in [1.807, 2.05) is 0 Å². The predicted octanol–water partition coefficient (Wildman–Crippen LogP) is 0.560. The lowest BCUT2D eigenvalue weighted by atomic mass is 9.94. The third kappa shape index (κ3) is 8.60. The average molecular weight is 308 g/mol. The fraction of sp³-hybridized carbons (Fsp3) is 0.455. The zero-order valence-corrected chi connectivity index (χ0v) is 11.9. The van der Waals surface area contributed by atoms with Gasteiger partial charge in [0.25, 0.3) is 0 Å². The molecule has 0 aliphatic carbocycles. The minimum atomic E-state index is -4.69. The highest BCUT2D eigenvalue weighted by Crippen LogP contribution is 2.38. The summed E-state index contributed by atoms with van der Waals surface area (Å²) < 4.78 is 24.6. The van der Waals surface area contributed by atoms with Gasteiger partial charge in [0.15, 0.2) is 0 Å². The Kier molecular flexibility index (Phi) is 7.38. The van der Waals surface area contributed by atoms with E-state index < -0.39 is 31.8 Å². The van der Waals surface area contributed by atoms with Gasteiger partial charge in [0.1, 0.15) is 13.2 Å². The molecule has 0 aromatic carbocycles. The van der Waals surface area contributed by atoms with Gasteiger partial charge < -0.3 is 19.3 Å². The number of phosphoric acid groups is 1. The topological polar surface area (TPSA) is 119 Å². The third-order valence-electron chi connectivity index (χ3n) is 2.04. The maximum Gasteiger partial charge on any atom is 0.469 e. The van der Waals surface area contributed by atoms with Crippen LogP contribution in [0.4, 0.5) is 0 Å². The van der Waals surface area contributed by atoms with E-state index in [0.717, 1.165) is 12.2 Å². The van der Waals surface area contributed by atoms with Crippen LogP contribution < -0.4 is 0 Å². The number of hydrogen-bond acceptors (Lipinski definition) is 6. The number of carbonyl (C=O) groups excluding carboxylic acids is 2. The van der Waals surface area contributed by atoms with Crippen molar-refractivity contribution in [2.24, 2.45) is 5.41 Å². The lowest BCUT2D eigenvalue weighted by Gasteiger charge is -2.27. The lowest BCUT2D eigenvalue weighted by Crippen LogP contribution is -2.35. The molecule has 0 aliphatic rings. The van der Waals surface area contributed by atoms with Crippen molar-refractivity contribution in [1.29, 1.82) is 0 Å². The number of ether oxygens (including phenoxy) is 2. The van der Waals surface area contributed by atoms with Crippen LogP contribution in [0.15, 0.2) is 25.3 Å². The summed E-state index contributed by atoms with van der Waals surface area (Å²) in [5.74, 6) is -1.44. The van der Waals surface area contributed by atoms with Crippen molar-refractivity contribution < 1.29 is 37.9 Å². The standard InChI is InChI=1S/C11H17O8P/c1-4-9(12)17-6-11(3,7-18-10(13)5-2)8-19-20(14,15)16/h4-5H,1-2,6-8H2,3H3,(H2,14,15,16). The summed E-state index contributed by atoms with van der Waals surface area (Å²) in [6, 6.07) is 0. The van der Waals surface area contributed by atoms with E-state index in [9.17, 15) is 14.2 Å². The van der Waals surface area contributed by atoms with Crippen molar-refractivity contribution in [1.82, 2.24) is 0 Å². The fourth-order valence-electron chi connectivity index (χ4n) is 0.973. The van der Waals surface area contributed by atoms with Crippen LogP contribution in [0.3, 0.4) is 0 Å². The zero-order chi connectivity index (χ0) is 15.8. The van der Waals surface area contributed by atoms with Gasteiger partial charge in [0.05, 0.1) is 12.0 Å². The minimum absolute atomic E-state index is 0.276. The molecule has 9 heteroatoms. The normalized spacial score (nSPS) is 11.6. The number of carbonyl (C=O) groups is 2. The van der Waals surface area contributed by atoms with Crippen molar-refractivity contribution in [2.75, 3.05) is 19.8 Å². The van der Waals surface area contributed by atoms with Crippen molar-refractivity contribution in [2.45, 2.75) is 6.92 Å². The summed E-state index contributed by atoms with van der Waals surface area (Å²) in [5.41, 5.74) is -1.13. The largest absolute Gasteiger partial charge is 0.469 e. The van der Waals surface area contributed by atoms with Gasteiger partial charge in [-0.25, -0.2) is 14.2 Å². The molecule has 0 spiro atoms. The van der Waals surface area contributed by atoms with E-state index in [1.165, 1.54) is 6.92 Å². The first-order valence-electron chi connectivity index (χ1n) is 5.40. The van der Waals surface area contributed by atoms with Crippen molar-refractivity contribution in [3.63, 3.8) is 0 Å². The van der Waals surface area contributed by atoms with Crippen LogP contribution in [0.1, 0.15) is 6.92 Å². The van der Waals surface area contributed by atoms with Crippen LogP contribution in [0.25, 0.3) is 0 Å². The molecule has 0 fully saturated rings. The third-order valence-corrected chi connectivity index (χ3v) is 2.51. The summed E-state index contributed by atoms with van der Waals surface area (Å²) in [6.07, 6.45) is 1.86. The Balaban J connectivity index is 4.68. The maximum absolute atomic E-state index is 11.0. The van der Waals surface area contributed by atoms with E-state index in [1.54, 1.807) is 0 Å². The Morgan fingerprint density at radius 2 is 1.50 bits per heavy atom. The van der Waals surface area contributed by atoms with Crippen LogP contribution in [-0.4, -0.2) is 41.5 Å². The monoisotopic (exact) mass is 308 g/mol. The minimum Gasteiger partial charge on any atom is -0.462 e. The zero-order valence-electron chi connectivity index (χ0n) is 11.0. The molecule has 0 aliphatic heterocycles. The van der Waals surface area contributed by atoms with Gasteiger partial charge in [0.2, 0.25) is 0 Å². The highest BCUT2D eigenvalue weighted by molar-refractivity contribution is 7.46. The van der Waals surface area contributed by atoms with E-state index in [-0.39, 0.29) is 13.2 Å². The number of phosphoric ester groups is 1. The van der Waals surface area contributed by atoms with Crippen LogP contribution in [0, 0.1) is 5.41 Å². The Hall–Kier alpha value is -1.47. The molecule has 0 saturated carbocycles. The molecule has 0 saturated heterocycles. The fourth-order valence-corrected chi connectivity index (χ4v) is 1.45. The first kappa shape index (κ1) is 18.5. The van der Waals surface area contributed by atoms with Crippen molar-refractivity contribution >= 4 is 19.8 Å². The number of rotatable bonds is 9. The summed E-state index contributed by atoms with van der Waals surface area (Å²) in [5, 5.41) is 0. The van der Waals surface area contributed by atoms with Gasteiger partial charge >= 0.3 is 19.8 Å². The molecule has 0 heterocycles. The van der Waals surface area contributed by atoms with Gasteiger partial charge in [-0.05, 0) is 0 Å². The van der Waals surface area contributed by atoms with E-state index >= 15 is 0 Å². The summed E-state index contributed by atoms with van der Waals surface area (Å²) in [7, 11) is -4.69. The molecular formula is C11H17O8P. The highest BCUT2D eigenvalue weighted by Gasteiger charge is 2.31. The molecule has 0 bridgehead atoms. The molecule has 0 rings (SSSR count). The van der Waals surface area contributed by atoms with Gasteiger partial charge in [-0.2, -0.15) is 0 Å². The number of esters is 2. The predicted molar refractivity (Wildman–Crippen MR) is 68.4 cm³/mol. The maximum atomic E-state index is 11.0. The molecule has 0 atom stereocenters. The summed E-state index contributed by atoms with van der Waals surface area (Å²) in [4.78, 5) is 39.3.